The largest absolute Gasteiger partial charge is 0.493 e. The maximum Gasteiger partial charge on any atom is 0.285 e. The number of hydrogen-bond acceptors (Lipinski definition) is 5. The monoisotopic (exact) mass is 454 g/mol. The molecule has 0 aliphatic carbocycles. The minimum atomic E-state index is -3.81. The second-order valence-electron chi connectivity index (χ2n) is 6.21. The lowest BCUT2D eigenvalue weighted by Crippen LogP contribution is -2.34. The third-order valence-corrected chi connectivity index (χ3v) is 6.06. The number of carbonyl (C=O) groups excluding carboxylic acids is 1. The highest BCUT2D eigenvalue weighted by Gasteiger charge is 2.22. The molecule has 29 heavy (non-hydrogen) atoms. The highest BCUT2D eigenvalue weighted by molar-refractivity contribution is 7.92. The molecule has 0 aliphatic rings. The Morgan fingerprint density at radius 3 is 2.52 bits per heavy atom. The number of anilines is 1. The number of rotatable bonds is 5. The summed E-state index contributed by atoms with van der Waals surface area (Å²) in [6, 6.07) is 11.3. The fraction of sp³-hybridized carbons (Fsp3) is 0.167. The van der Waals surface area contributed by atoms with E-state index >= 15 is 0 Å². The summed E-state index contributed by atoms with van der Waals surface area (Å²) in [6.45, 7) is -0.591. The van der Waals surface area contributed by atoms with Gasteiger partial charge in [0, 0.05) is 12.4 Å². The average molecular weight is 455 g/mol. The van der Waals surface area contributed by atoms with Gasteiger partial charge in [-0.25, -0.2) is 8.42 Å². The van der Waals surface area contributed by atoms with Gasteiger partial charge in [0.25, 0.3) is 5.91 Å². The quantitative estimate of drug-likeness (QED) is 0.581. The van der Waals surface area contributed by atoms with Crippen molar-refractivity contribution >= 4 is 61.4 Å². The van der Waals surface area contributed by atoms with Crippen LogP contribution in [0, 0.1) is 0 Å². The molecule has 1 aromatic heterocycles. The molecule has 8 nitrogen and oxygen atoms in total. The second-order valence-corrected chi connectivity index (χ2v) is 8.93. The number of amides is 1. The van der Waals surface area contributed by atoms with Crippen molar-refractivity contribution in [2.75, 3.05) is 17.1 Å². The van der Waals surface area contributed by atoms with Crippen molar-refractivity contribution in [2.24, 2.45) is 17.3 Å². The van der Waals surface area contributed by atoms with Crippen LogP contribution in [0.1, 0.15) is 0 Å². The normalized spacial score (nSPS) is 12.0. The van der Waals surface area contributed by atoms with Crippen molar-refractivity contribution in [2.45, 2.75) is 0 Å². The molecule has 0 atom stereocenters. The van der Waals surface area contributed by atoms with Crippen molar-refractivity contribution in [1.29, 1.82) is 0 Å². The molecule has 1 N–H and O–H groups in total. The summed E-state index contributed by atoms with van der Waals surface area (Å²) < 4.78 is 26.7. The van der Waals surface area contributed by atoms with E-state index < -0.39 is 22.5 Å². The Hall–Kier alpha value is -2.62. The number of azo groups is 1. The zero-order valence-electron chi connectivity index (χ0n) is 15.4. The number of para-hydroxylation sites is 1. The topological polar surface area (TPSA) is 104 Å². The fourth-order valence-electron chi connectivity index (χ4n) is 2.76. The molecule has 0 saturated carbocycles. The highest BCUT2D eigenvalue weighted by atomic mass is 35.5. The molecule has 0 spiro atoms. The Labute approximate surface area is 177 Å². The zero-order valence-corrected chi connectivity index (χ0v) is 17.7. The van der Waals surface area contributed by atoms with Gasteiger partial charge in [-0.3, -0.25) is 9.10 Å². The molecule has 11 heteroatoms. The summed E-state index contributed by atoms with van der Waals surface area (Å²) >= 11 is 11.8. The third kappa shape index (κ3) is 4.36. The van der Waals surface area contributed by atoms with Crippen molar-refractivity contribution in [3.05, 3.63) is 52.5 Å². The molecule has 2 aromatic carbocycles. The lowest BCUT2D eigenvalue weighted by Gasteiger charge is -2.20. The smallest absolute Gasteiger partial charge is 0.285 e. The molecule has 0 aliphatic heterocycles. The van der Waals surface area contributed by atoms with Gasteiger partial charge in [0.2, 0.25) is 15.9 Å². The van der Waals surface area contributed by atoms with Gasteiger partial charge in [-0.2, -0.15) is 0 Å². The first kappa shape index (κ1) is 21.1. The van der Waals surface area contributed by atoms with Crippen LogP contribution >= 0.6 is 23.2 Å². The van der Waals surface area contributed by atoms with Crippen LogP contribution in [-0.2, 0) is 21.9 Å². The van der Waals surface area contributed by atoms with E-state index in [2.05, 4.69) is 10.2 Å². The molecular weight excluding hydrogens is 439 g/mol. The summed E-state index contributed by atoms with van der Waals surface area (Å²) in [5.74, 6) is -0.985. The number of hydrogen-bond donors (Lipinski definition) is 1. The number of fused-ring (bicyclic) bond motifs is 1. The lowest BCUT2D eigenvalue weighted by atomic mass is 10.2. The van der Waals surface area contributed by atoms with Crippen LogP contribution in [0.4, 0.5) is 11.4 Å². The van der Waals surface area contributed by atoms with E-state index in [1.165, 1.54) is 22.8 Å². The predicted octanol–water partition coefficient (Wildman–Crippen LogP) is 4.27. The first-order valence-corrected chi connectivity index (χ1v) is 10.8. The molecule has 0 radical (unpaired) electrons. The Kier molecular flexibility index (Phi) is 5.83. The number of aromatic nitrogens is 1. The minimum Gasteiger partial charge on any atom is -0.493 e. The van der Waals surface area contributed by atoms with Crippen LogP contribution < -0.4 is 4.31 Å². The van der Waals surface area contributed by atoms with Crippen LogP contribution in [0.2, 0.25) is 10.0 Å². The van der Waals surface area contributed by atoms with Crippen LogP contribution in [-0.4, -0.2) is 36.8 Å². The molecule has 0 fully saturated rings. The Bertz CT molecular complexity index is 1240. The molecule has 3 aromatic rings. The zero-order chi connectivity index (χ0) is 21.3. The van der Waals surface area contributed by atoms with E-state index in [1.807, 2.05) is 0 Å². The molecule has 3 rings (SSSR count). The molecule has 0 bridgehead atoms. The van der Waals surface area contributed by atoms with Crippen molar-refractivity contribution < 1.29 is 18.3 Å². The van der Waals surface area contributed by atoms with Crippen LogP contribution in [0.25, 0.3) is 10.9 Å². The fourth-order valence-corrected chi connectivity index (χ4v) is 3.89. The van der Waals surface area contributed by atoms with Gasteiger partial charge in [-0.1, -0.05) is 41.4 Å². The lowest BCUT2D eigenvalue weighted by molar-refractivity contribution is -0.116. The summed E-state index contributed by atoms with van der Waals surface area (Å²) in [7, 11) is -2.16. The van der Waals surface area contributed by atoms with E-state index in [1.54, 1.807) is 31.3 Å². The SMILES string of the molecule is Cn1c(O)c(N=NC(=O)CN(c2ccc(Cl)c(Cl)c2)S(C)(=O)=O)c2ccccc21. The molecule has 0 unspecified atom stereocenters. The van der Waals surface area contributed by atoms with Gasteiger partial charge in [-0.15, -0.1) is 10.2 Å². The highest BCUT2D eigenvalue weighted by Crippen LogP contribution is 2.37. The molecule has 152 valence electrons. The summed E-state index contributed by atoms with van der Waals surface area (Å²) in [5.41, 5.74) is 0.996. The van der Waals surface area contributed by atoms with Crippen LogP contribution in [0.5, 0.6) is 5.88 Å². The van der Waals surface area contributed by atoms with E-state index in [0.29, 0.717) is 10.9 Å². The number of halogens is 2. The van der Waals surface area contributed by atoms with E-state index in [4.69, 9.17) is 23.2 Å². The number of nitrogens with zero attached hydrogens (tertiary/aromatic N) is 4. The van der Waals surface area contributed by atoms with Gasteiger partial charge in [0.1, 0.15) is 6.54 Å². The maximum absolute atomic E-state index is 12.3. The number of benzene rings is 2. The Morgan fingerprint density at radius 2 is 1.86 bits per heavy atom. The molecular formula is C18H16Cl2N4O4S. The van der Waals surface area contributed by atoms with Gasteiger partial charge in [-0.05, 0) is 24.3 Å². The van der Waals surface area contributed by atoms with Gasteiger partial charge in [0.05, 0.1) is 27.5 Å². The van der Waals surface area contributed by atoms with Crippen LogP contribution in [0.15, 0.2) is 52.7 Å². The first-order valence-electron chi connectivity index (χ1n) is 8.23. The van der Waals surface area contributed by atoms with Gasteiger partial charge in [0.15, 0.2) is 5.69 Å². The summed E-state index contributed by atoms with van der Waals surface area (Å²) in [5, 5.41) is 18.7. The first-order chi connectivity index (χ1) is 13.6. The van der Waals surface area contributed by atoms with E-state index in [-0.39, 0.29) is 27.3 Å². The van der Waals surface area contributed by atoms with Crippen molar-refractivity contribution in [3.63, 3.8) is 0 Å². The molecule has 1 amide bonds. The Morgan fingerprint density at radius 1 is 1.17 bits per heavy atom. The molecule has 0 saturated heterocycles. The number of aromatic hydroxyl groups is 1. The summed E-state index contributed by atoms with van der Waals surface area (Å²) in [4.78, 5) is 12.3. The maximum atomic E-state index is 12.3. The number of carbonyl (C=O) groups is 1. The van der Waals surface area contributed by atoms with Crippen LogP contribution in [0.3, 0.4) is 0 Å². The van der Waals surface area contributed by atoms with Gasteiger partial charge >= 0.3 is 0 Å². The number of sulfonamides is 1. The van der Waals surface area contributed by atoms with E-state index in [0.717, 1.165) is 10.6 Å². The molecule has 1 heterocycles. The standard InChI is InChI=1S/C18H16Cl2N4O4S/c1-23-15-6-4-3-5-12(15)17(18(23)26)22-21-16(25)10-24(29(2,27)28)11-7-8-13(19)14(20)9-11/h3-9,26H,10H2,1-2H3. The van der Waals surface area contributed by atoms with E-state index in [9.17, 15) is 18.3 Å². The minimum absolute atomic E-state index is 0.122. The van der Waals surface area contributed by atoms with Crippen molar-refractivity contribution in [3.8, 4) is 5.88 Å². The average Bonchev–Trinajstić information content (AvgIpc) is 2.90. The van der Waals surface area contributed by atoms with Crippen molar-refractivity contribution in [1.82, 2.24) is 4.57 Å². The third-order valence-electron chi connectivity index (χ3n) is 4.18. The predicted molar refractivity (Wildman–Crippen MR) is 113 cm³/mol. The summed E-state index contributed by atoms with van der Waals surface area (Å²) in [6.07, 6.45) is 0.955. The second kappa shape index (κ2) is 8.02. The van der Waals surface area contributed by atoms with Gasteiger partial charge < -0.3 is 9.67 Å². The number of aryl methyl sites for hydroxylation is 1. The Balaban J connectivity index is 1.90.